The van der Waals surface area contributed by atoms with Gasteiger partial charge in [0.1, 0.15) is 0 Å². The predicted octanol–water partition coefficient (Wildman–Crippen LogP) is 3.17. The van der Waals surface area contributed by atoms with Crippen molar-refractivity contribution in [3.05, 3.63) is 24.8 Å². The molecule has 0 saturated heterocycles. The van der Waals surface area contributed by atoms with Crippen molar-refractivity contribution in [2.45, 2.75) is 34.6 Å². The van der Waals surface area contributed by atoms with E-state index in [1.165, 1.54) is 0 Å². The van der Waals surface area contributed by atoms with Crippen LogP contribution in [0.1, 0.15) is 34.6 Å². The monoisotopic (exact) mass is 168 g/mol. The maximum atomic E-state index is 3.72. The minimum absolute atomic E-state index is 0.833. The summed E-state index contributed by atoms with van der Waals surface area (Å²) in [6, 6.07) is 0. The van der Waals surface area contributed by atoms with Crippen LogP contribution in [0.3, 0.4) is 0 Å². The first-order chi connectivity index (χ1) is 5.73. The second-order valence-corrected chi connectivity index (χ2v) is 2.63. The summed E-state index contributed by atoms with van der Waals surface area (Å²) in [5.74, 6) is 0.833. The highest BCUT2D eigenvalue weighted by Gasteiger charge is 1.68. The molecule has 2 nitrogen and oxygen atoms in total. The van der Waals surface area contributed by atoms with Gasteiger partial charge >= 0.3 is 0 Å². The fraction of sp³-hybridized carbons (Fsp3) is 0.600. The average molecular weight is 168 g/mol. The lowest BCUT2D eigenvalue weighted by Gasteiger charge is -1.79. The molecule has 1 aromatic heterocycles. The van der Waals surface area contributed by atoms with Crippen LogP contribution < -0.4 is 0 Å². The molecule has 0 aliphatic rings. The smallest absolute Gasteiger partial charge is 0.0451 e. The van der Waals surface area contributed by atoms with E-state index in [4.69, 9.17) is 0 Å². The number of hydrogen-bond acceptors (Lipinski definition) is 2. The van der Waals surface area contributed by atoms with Gasteiger partial charge in [-0.25, -0.2) is 0 Å². The van der Waals surface area contributed by atoms with Crippen LogP contribution in [-0.4, -0.2) is 9.97 Å². The van der Waals surface area contributed by atoms with Gasteiger partial charge in [-0.15, -0.1) is 0 Å². The molecule has 12 heavy (non-hydrogen) atoms. The Morgan fingerprint density at radius 2 is 0.917 bits per heavy atom. The lowest BCUT2D eigenvalue weighted by molar-refractivity contribution is 0.737. The molecule has 0 saturated carbocycles. The van der Waals surface area contributed by atoms with Crippen molar-refractivity contribution in [2.24, 2.45) is 5.92 Å². The Labute approximate surface area is 76.1 Å². The molecule has 70 valence electrons. The van der Waals surface area contributed by atoms with Crippen LogP contribution in [0, 0.1) is 5.92 Å². The zero-order chi connectivity index (χ0) is 9.82. The maximum Gasteiger partial charge on any atom is 0.0451 e. The summed E-state index contributed by atoms with van der Waals surface area (Å²) >= 11 is 0. The summed E-state index contributed by atoms with van der Waals surface area (Å²) in [6.45, 7) is 10.5. The zero-order valence-corrected chi connectivity index (χ0v) is 8.78. The summed E-state index contributed by atoms with van der Waals surface area (Å²) in [6.07, 6.45) is 6.56. The first-order valence-electron chi connectivity index (χ1n) is 4.43. The molecule has 1 heterocycles. The van der Waals surface area contributed by atoms with Crippen LogP contribution in [0.4, 0.5) is 0 Å². The third-order valence-corrected chi connectivity index (χ3v) is 0.478. The van der Waals surface area contributed by atoms with Crippen molar-refractivity contribution < 1.29 is 0 Å². The van der Waals surface area contributed by atoms with Gasteiger partial charge in [-0.1, -0.05) is 34.6 Å². The molecule has 0 radical (unpaired) electrons. The van der Waals surface area contributed by atoms with E-state index in [9.17, 15) is 0 Å². The molecule has 1 rings (SSSR count). The molecular weight excluding hydrogens is 148 g/mol. The molecule has 0 amide bonds. The van der Waals surface area contributed by atoms with Crippen molar-refractivity contribution in [1.29, 1.82) is 0 Å². The largest absolute Gasteiger partial charge is 0.262 e. The Morgan fingerprint density at radius 3 is 1.00 bits per heavy atom. The van der Waals surface area contributed by atoms with Gasteiger partial charge in [0.25, 0.3) is 0 Å². The van der Waals surface area contributed by atoms with E-state index in [0.717, 1.165) is 5.92 Å². The number of nitrogens with zero attached hydrogens (tertiary/aromatic N) is 2. The van der Waals surface area contributed by atoms with Crippen LogP contribution in [-0.2, 0) is 0 Å². The minimum atomic E-state index is 0.833. The number of hydrogen-bond donors (Lipinski definition) is 0. The van der Waals surface area contributed by atoms with Gasteiger partial charge in [-0.2, -0.15) is 0 Å². The third-order valence-electron chi connectivity index (χ3n) is 0.478. The van der Waals surface area contributed by atoms with Gasteiger partial charge in [0.15, 0.2) is 0 Å². The molecule has 1 aromatic rings. The van der Waals surface area contributed by atoms with Crippen molar-refractivity contribution in [3.8, 4) is 0 Å². The quantitative estimate of drug-likeness (QED) is 0.594. The molecule has 0 bridgehead atoms. The Kier molecular flexibility index (Phi) is 14.5. The van der Waals surface area contributed by atoms with Gasteiger partial charge < -0.3 is 0 Å². The van der Waals surface area contributed by atoms with Crippen molar-refractivity contribution in [2.75, 3.05) is 0 Å². The highest BCUT2D eigenvalue weighted by atomic mass is 14.7. The Morgan fingerprint density at radius 1 is 0.750 bits per heavy atom. The van der Waals surface area contributed by atoms with Gasteiger partial charge in [-0.05, 0) is 5.92 Å². The first-order valence-corrected chi connectivity index (χ1v) is 4.43. The SMILES string of the molecule is CC.CC(C)C.c1cnccn1. The molecule has 2 heteroatoms. The highest BCUT2D eigenvalue weighted by Crippen LogP contribution is 1.81. The van der Waals surface area contributed by atoms with Crippen LogP contribution >= 0.6 is 0 Å². The van der Waals surface area contributed by atoms with Crippen LogP contribution in [0.15, 0.2) is 24.8 Å². The molecule has 0 N–H and O–H groups in total. The average Bonchev–Trinajstić information content (AvgIpc) is 2.10. The van der Waals surface area contributed by atoms with E-state index in [-0.39, 0.29) is 0 Å². The molecule has 0 aliphatic carbocycles. The fourth-order valence-corrected chi connectivity index (χ4v) is 0.253. The second kappa shape index (κ2) is 12.7. The molecular formula is C10H20N2. The van der Waals surface area contributed by atoms with Crippen molar-refractivity contribution in [3.63, 3.8) is 0 Å². The van der Waals surface area contributed by atoms with E-state index >= 15 is 0 Å². The molecule has 0 atom stereocenters. The van der Waals surface area contributed by atoms with Crippen LogP contribution in [0.5, 0.6) is 0 Å². The third kappa shape index (κ3) is 23.0. The van der Waals surface area contributed by atoms with Gasteiger partial charge in [0, 0.05) is 24.8 Å². The van der Waals surface area contributed by atoms with E-state index < -0.39 is 0 Å². The molecule has 0 spiro atoms. The summed E-state index contributed by atoms with van der Waals surface area (Å²) in [7, 11) is 0. The summed E-state index contributed by atoms with van der Waals surface area (Å²) < 4.78 is 0. The molecule has 0 aromatic carbocycles. The number of aromatic nitrogens is 2. The Hall–Kier alpha value is -0.920. The summed E-state index contributed by atoms with van der Waals surface area (Å²) in [4.78, 5) is 7.44. The van der Waals surface area contributed by atoms with Crippen molar-refractivity contribution >= 4 is 0 Å². The maximum absolute atomic E-state index is 3.72. The predicted molar refractivity (Wildman–Crippen MR) is 53.9 cm³/mol. The van der Waals surface area contributed by atoms with Crippen LogP contribution in [0.25, 0.3) is 0 Å². The lowest BCUT2D eigenvalue weighted by Crippen LogP contribution is -1.66. The van der Waals surface area contributed by atoms with Gasteiger partial charge in [0.2, 0.25) is 0 Å². The van der Waals surface area contributed by atoms with E-state index in [2.05, 4.69) is 30.7 Å². The topological polar surface area (TPSA) is 25.8 Å². The number of rotatable bonds is 0. The molecule has 0 aliphatic heterocycles. The lowest BCUT2D eigenvalue weighted by atomic mass is 10.3. The minimum Gasteiger partial charge on any atom is -0.262 e. The van der Waals surface area contributed by atoms with E-state index in [1.54, 1.807) is 24.8 Å². The Bertz CT molecular complexity index is 108. The van der Waals surface area contributed by atoms with E-state index in [0.29, 0.717) is 0 Å². The summed E-state index contributed by atoms with van der Waals surface area (Å²) in [5.41, 5.74) is 0. The normalized spacial score (nSPS) is 7.50. The molecule has 0 unspecified atom stereocenters. The van der Waals surface area contributed by atoms with Crippen molar-refractivity contribution in [1.82, 2.24) is 9.97 Å². The van der Waals surface area contributed by atoms with Crippen LogP contribution in [0.2, 0.25) is 0 Å². The Balaban J connectivity index is 0. The molecule has 0 fully saturated rings. The van der Waals surface area contributed by atoms with Gasteiger partial charge in [-0.3, -0.25) is 9.97 Å². The summed E-state index contributed by atoms with van der Waals surface area (Å²) in [5, 5.41) is 0. The standard InChI is InChI=1S/C4H4N2.C4H10.C2H6/c1-2-6-4-3-5-1;1-4(2)3;1-2/h1-4H;4H,1-3H3;1-2H3. The second-order valence-electron chi connectivity index (χ2n) is 2.63. The van der Waals surface area contributed by atoms with Gasteiger partial charge in [0.05, 0.1) is 0 Å². The fourth-order valence-electron chi connectivity index (χ4n) is 0.253. The first kappa shape index (κ1) is 13.7. The zero-order valence-electron chi connectivity index (χ0n) is 8.78. The highest BCUT2D eigenvalue weighted by molar-refractivity contribution is 4.70. The van der Waals surface area contributed by atoms with E-state index in [1.807, 2.05) is 13.8 Å².